The first-order valence-corrected chi connectivity index (χ1v) is 4.36. The Hall–Kier alpha value is -0.550. The number of hydrogen-bond donors (Lipinski definition) is 1. The first-order valence-electron chi connectivity index (χ1n) is 4.36. The van der Waals surface area contributed by atoms with Crippen molar-refractivity contribution in [3.05, 3.63) is 0 Å². The molecule has 0 unspecified atom stereocenters. The van der Waals surface area contributed by atoms with E-state index < -0.39 is 0 Å². The van der Waals surface area contributed by atoms with Gasteiger partial charge >= 0.3 is 0 Å². The molecule has 0 radical (unpaired) electrons. The Bertz CT molecular complexity index is 149. The predicted molar refractivity (Wildman–Crippen MR) is 44.7 cm³/mol. The monoisotopic (exact) mass is 152 g/mol. The molecule has 0 aromatic rings. The maximum Gasteiger partial charge on any atom is 0.0621 e. The van der Waals surface area contributed by atoms with Crippen LogP contribution in [-0.4, -0.2) is 6.04 Å². The quantitative estimate of drug-likeness (QED) is 0.654. The second-order valence-corrected chi connectivity index (χ2v) is 3.68. The summed E-state index contributed by atoms with van der Waals surface area (Å²) in [6.45, 7) is 2.21. The van der Waals surface area contributed by atoms with Crippen LogP contribution in [0.2, 0.25) is 0 Å². The summed E-state index contributed by atoms with van der Waals surface area (Å²) >= 11 is 0. The summed E-state index contributed by atoms with van der Waals surface area (Å²) in [4.78, 5) is 0. The smallest absolute Gasteiger partial charge is 0.0621 e. The zero-order valence-electron chi connectivity index (χ0n) is 7.09. The molecule has 1 rings (SSSR count). The first-order chi connectivity index (χ1) is 5.24. The van der Waals surface area contributed by atoms with Gasteiger partial charge in [0.05, 0.1) is 6.07 Å². The van der Waals surface area contributed by atoms with E-state index in [2.05, 4.69) is 13.0 Å². The molecule has 0 aromatic carbocycles. The average molecular weight is 152 g/mol. The molecular weight excluding hydrogens is 136 g/mol. The summed E-state index contributed by atoms with van der Waals surface area (Å²) in [5.41, 5.74) is 5.86. The fourth-order valence-electron chi connectivity index (χ4n) is 1.92. The molecule has 0 bridgehead atoms. The van der Waals surface area contributed by atoms with Gasteiger partial charge in [-0.3, -0.25) is 0 Å². The van der Waals surface area contributed by atoms with E-state index in [-0.39, 0.29) is 0 Å². The molecule has 0 aromatic heterocycles. The van der Waals surface area contributed by atoms with Gasteiger partial charge in [0.2, 0.25) is 0 Å². The minimum atomic E-state index is 0.388. The summed E-state index contributed by atoms with van der Waals surface area (Å²) in [7, 11) is 0. The number of nitrogens with zero attached hydrogens (tertiary/aromatic N) is 1. The fourth-order valence-corrected chi connectivity index (χ4v) is 1.92. The molecule has 3 atom stereocenters. The van der Waals surface area contributed by atoms with Gasteiger partial charge in [0.25, 0.3) is 0 Å². The van der Waals surface area contributed by atoms with Gasteiger partial charge in [0.15, 0.2) is 0 Å². The number of nitriles is 1. The van der Waals surface area contributed by atoms with Crippen LogP contribution < -0.4 is 5.73 Å². The van der Waals surface area contributed by atoms with Crippen molar-refractivity contribution in [2.75, 3.05) is 0 Å². The summed E-state index contributed by atoms with van der Waals surface area (Å²) in [5.74, 6) is 1.39. The number of rotatable bonds is 2. The Morgan fingerprint density at radius 1 is 1.55 bits per heavy atom. The topological polar surface area (TPSA) is 49.8 Å². The predicted octanol–water partition coefficient (Wildman–Crippen LogP) is 1.66. The normalized spacial score (nSPS) is 37.0. The van der Waals surface area contributed by atoms with E-state index in [9.17, 15) is 0 Å². The maximum absolute atomic E-state index is 8.38. The average Bonchev–Trinajstić information content (AvgIpc) is 2.28. The molecule has 2 heteroatoms. The summed E-state index contributed by atoms with van der Waals surface area (Å²) in [6.07, 6.45) is 4.10. The molecule has 1 aliphatic carbocycles. The van der Waals surface area contributed by atoms with Crippen molar-refractivity contribution in [1.82, 2.24) is 0 Å². The van der Waals surface area contributed by atoms with Crippen molar-refractivity contribution >= 4 is 0 Å². The fraction of sp³-hybridized carbons (Fsp3) is 0.889. The lowest BCUT2D eigenvalue weighted by Crippen LogP contribution is -2.21. The highest BCUT2D eigenvalue weighted by atomic mass is 14.7. The van der Waals surface area contributed by atoms with Crippen molar-refractivity contribution in [3.8, 4) is 6.07 Å². The van der Waals surface area contributed by atoms with Gasteiger partial charge in [0, 0.05) is 12.5 Å². The number of nitrogens with two attached hydrogens (primary N) is 1. The van der Waals surface area contributed by atoms with Crippen molar-refractivity contribution in [2.45, 2.75) is 38.6 Å². The van der Waals surface area contributed by atoms with Crippen LogP contribution in [0.25, 0.3) is 0 Å². The zero-order valence-corrected chi connectivity index (χ0v) is 7.09. The summed E-state index contributed by atoms with van der Waals surface area (Å²) < 4.78 is 0. The van der Waals surface area contributed by atoms with Crippen LogP contribution in [0.1, 0.15) is 32.6 Å². The molecule has 0 heterocycles. The van der Waals surface area contributed by atoms with Crippen LogP contribution in [0, 0.1) is 23.2 Å². The minimum Gasteiger partial charge on any atom is -0.327 e. The third-order valence-electron chi connectivity index (χ3n) is 2.71. The number of hydrogen-bond acceptors (Lipinski definition) is 2. The highest BCUT2D eigenvalue weighted by molar-refractivity contribution is 4.85. The summed E-state index contributed by atoms with van der Waals surface area (Å²) in [6, 6.07) is 2.57. The molecule has 1 aliphatic rings. The molecule has 1 saturated carbocycles. The molecule has 0 amide bonds. The molecular formula is C9H16N2. The van der Waals surface area contributed by atoms with Crippen LogP contribution in [-0.2, 0) is 0 Å². The van der Waals surface area contributed by atoms with Gasteiger partial charge in [-0.2, -0.15) is 5.26 Å². The van der Waals surface area contributed by atoms with E-state index in [1.165, 1.54) is 6.42 Å². The molecule has 0 saturated heterocycles. The summed E-state index contributed by atoms with van der Waals surface area (Å²) in [5, 5.41) is 8.38. The SMILES string of the molecule is C[C@@H]1C[C@@H](CCC#N)C[C@@H]1N. The van der Waals surface area contributed by atoms with Gasteiger partial charge in [0.1, 0.15) is 0 Å². The molecule has 1 fully saturated rings. The van der Waals surface area contributed by atoms with Gasteiger partial charge in [-0.05, 0) is 31.1 Å². The van der Waals surface area contributed by atoms with E-state index in [0.717, 1.165) is 18.8 Å². The largest absolute Gasteiger partial charge is 0.327 e. The molecule has 0 aliphatic heterocycles. The second-order valence-electron chi connectivity index (χ2n) is 3.68. The van der Waals surface area contributed by atoms with Gasteiger partial charge < -0.3 is 5.73 Å². The minimum absolute atomic E-state index is 0.388. The highest BCUT2D eigenvalue weighted by Gasteiger charge is 2.27. The third-order valence-corrected chi connectivity index (χ3v) is 2.71. The highest BCUT2D eigenvalue weighted by Crippen LogP contribution is 2.32. The molecule has 2 N–H and O–H groups in total. The first kappa shape index (κ1) is 8.55. The van der Waals surface area contributed by atoms with Crippen molar-refractivity contribution in [2.24, 2.45) is 17.6 Å². The lowest BCUT2D eigenvalue weighted by atomic mass is 10.0. The standard InChI is InChI=1S/C9H16N2/c1-7-5-8(3-2-4-10)6-9(7)11/h7-9H,2-3,5-6,11H2,1H3/t7-,8-,9+/m1/s1. The molecule has 62 valence electrons. The van der Waals surface area contributed by atoms with Gasteiger partial charge in [-0.15, -0.1) is 0 Å². The van der Waals surface area contributed by atoms with Gasteiger partial charge in [-0.1, -0.05) is 6.92 Å². The Morgan fingerprint density at radius 2 is 2.27 bits per heavy atom. The van der Waals surface area contributed by atoms with Gasteiger partial charge in [-0.25, -0.2) is 0 Å². The maximum atomic E-state index is 8.38. The van der Waals surface area contributed by atoms with E-state index >= 15 is 0 Å². The molecule has 0 spiro atoms. The van der Waals surface area contributed by atoms with Crippen LogP contribution in [0.15, 0.2) is 0 Å². The van der Waals surface area contributed by atoms with Crippen molar-refractivity contribution in [1.29, 1.82) is 5.26 Å². The third kappa shape index (κ3) is 2.20. The molecule has 11 heavy (non-hydrogen) atoms. The van der Waals surface area contributed by atoms with Crippen LogP contribution in [0.4, 0.5) is 0 Å². The van der Waals surface area contributed by atoms with Crippen molar-refractivity contribution < 1.29 is 0 Å². The molecule has 2 nitrogen and oxygen atoms in total. The van der Waals surface area contributed by atoms with E-state index in [1.54, 1.807) is 0 Å². The van der Waals surface area contributed by atoms with Crippen LogP contribution in [0.3, 0.4) is 0 Å². The van der Waals surface area contributed by atoms with E-state index in [0.29, 0.717) is 18.4 Å². The lowest BCUT2D eigenvalue weighted by Gasteiger charge is -2.05. The van der Waals surface area contributed by atoms with Crippen molar-refractivity contribution in [3.63, 3.8) is 0 Å². The Kier molecular flexibility index (Phi) is 2.90. The van der Waals surface area contributed by atoms with Crippen LogP contribution >= 0.6 is 0 Å². The second kappa shape index (κ2) is 3.73. The van der Waals surface area contributed by atoms with E-state index in [4.69, 9.17) is 11.0 Å². The Morgan fingerprint density at radius 3 is 2.73 bits per heavy atom. The lowest BCUT2D eigenvalue weighted by molar-refractivity contribution is 0.485. The Labute approximate surface area is 68.4 Å². The zero-order chi connectivity index (χ0) is 8.27. The Balaban J connectivity index is 2.25. The van der Waals surface area contributed by atoms with Crippen LogP contribution in [0.5, 0.6) is 0 Å². The van der Waals surface area contributed by atoms with E-state index in [1.807, 2.05) is 0 Å².